The topological polar surface area (TPSA) is 59.0 Å². The van der Waals surface area contributed by atoms with Crippen LogP contribution >= 0.6 is 0 Å². The maximum absolute atomic E-state index is 13.1. The lowest BCUT2D eigenvalue weighted by molar-refractivity contribution is -0.140. The number of ether oxygens (including phenoxy) is 1. The second-order valence-electron chi connectivity index (χ2n) is 9.89. The van der Waals surface area contributed by atoms with Crippen molar-refractivity contribution in [3.05, 3.63) is 90.0 Å². The van der Waals surface area contributed by atoms with E-state index < -0.39 is 0 Å². The molecule has 0 unspecified atom stereocenters. The number of benzene rings is 3. The van der Waals surface area contributed by atoms with Crippen LogP contribution in [-0.4, -0.2) is 23.0 Å². The van der Waals surface area contributed by atoms with Gasteiger partial charge in [0.05, 0.1) is 18.1 Å². The summed E-state index contributed by atoms with van der Waals surface area (Å²) in [6.07, 6.45) is 7.10. The predicted octanol–water partition coefficient (Wildman–Crippen LogP) is 4.81. The van der Waals surface area contributed by atoms with E-state index in [4.69, 9.17) is 4.74 Å². The molecule has 2 bridgehead atoms. The number of carbonyl (C=O) groups excluding carboxylic acids is 2. The van der Waals surface area contributed by atoms with E-state index in [1.807, 2.05) is 42.5 Å². The molecule has 5 heteroatoms. The van der Waals surface area contributed by atoms with E-state index in [2.05, 4.69) is 41.5 Å². The summed E-state index contributed by atoms with van der Waals surface area (Å²) in [4.78, 5) is 26.2. The molecule has 0 spiro atoms. The summed E-state index contributed by atoms with van der Waals surface area (Å²) in [5.41, 5.74) is 1.91. The molecule has 8 rings (SSSR count). The van der Waals surface area contributed by atoms with Gasteiger partial charge in [0.25, 0.3) is 11.8 Å². The number of carbonyl (C=O) groups is 2. The Morgan fingerprint density at radius 2 is 1.59 bits per heavy atom. The summed E-state index contributed by atoms with van der Waals surface area (Å²) in [5, 5.41) is 7.83. The number of hydrazone groups is 1. The van der Waals surface area contributed by atoms with Crippen LogP contribution in [0.25, 0.3) is 10.8 Å². The fourth-order valence-corrected chi connectivity index (χ4v) is 6.44. The van der Waals surface area contributed by atoms with Crippen LogP contribution in [0.3, 0.4) is 0 Å². The van der Waals surface area contributed by atoms with Gasteiger partial charge in [-0.2, -0.15) is 10.1 Å². The van der Waals surface area contributed by atoms with Crippen molar-refractivity contribution in [1.82, 2.24) is 5.01 Å². The Hall–Kier alpha value is -3.73. The van der Waals surface area contributed by atoms with Crippen molar-refractivity contribution in [3.63, 3.8) is 0 Å². The molecule has 6 atom stereocenters. The van der Waals surface area contributed by atoms with Crippen molar-refractivity contribution < 1.29 is 14.3 Å². The van der Waals surface area contributed by atoms with Gasteiger partial charge in [-0.3, -0.25) is 9.59 Å². The average molecular weight is 449 g/mol. The van der Waals surface area contributed by atoms with Crippen LogP contribution in [0, 0.1) is 35.5 Å². The molecule has 5 aliphatic rings. The maximum Gasteiger partial charge on any atom is 0.254 e. The minimum Gasteiger partial charge on any atom is -0.489 e. The lowest BCUT2D eigenvalue weighted by atomic mass is 9.63. The highest BCUT2D eigenvalue weighted by molar-refractivity contribution is 6.06. The number of hydrogen-bond acceptors (Lipinski definition) is 4. The molecule has 0 aromatic heterocycles. The Balaban J connectivity index is 1.08. The van der Waals surface area contributed by atoms with Crippen LogP contribution in [0.2, 0.25) is 0 Å². The molecular formula is C29H24N2O3. The highest BCUT2D eigenvalue weighted by atomic mass is 16.5. The molecule has 3 aromatic rings. The van der Waals surface area contributed by atoms with Gasteiger partial charge in [0, 0.05) is 0 Å². The van der Waals surface area contributed by atoms with Gasteiger partial charge < -0.3 is 4.74 Å². The number of hydrogen-bond donors (Lipinski definition) is 0. The third kappa shape index (κ3) is 2.96. The minimum absolute atomic E-state index is 0.140. The SMILES string of the molecule is O=C1[C@@H]2[C@H]3C=C[C@@H]([C@@H]4C[C@H]34)[C@@H]2C(=O)N1/N=C\c1cccc(OCc2cccc3ccccc23)c1. The Kier molecular flexibility index (Phi) is 4.28. The van der Waals surface area contributed by atoms with Gasteiger partial charge in [-0.25, -0.2) is 0 Å². The average Bonchev–Trinajstić information content (AvgIpc) is 3.66. The van der Waals surface area contributed by atoms with Crippen LogP contribution in [-0.2, 0) is 16.2 Å². The number of allylic oxidation sites excluding steroid dienone is 2. The predicted molar refractivity (Wildman–Crippen MR) is 129 cm³/mol. The zero-order chi connectivity index (χ0) is 22.8. The van der Waals surface area contributed by atoms with Crippen LogP contribution in [0.4, 0.5) is 0 Å². The summed E-state index contributed by atoms with van der Waals surface area (Å²) in [6.45, 7) is 0.451. The Morgan fingerprint density at radius 3 is 2.38 bits per heavy atom. The van der Waals surface area contributed by atoms with E-state index in [1.54, 1.807) is 6.21 Å². The van der Waals surface area contributed by atoms with Gasteiger partial charge >= 0.3 is 0 Å². The highest BCUT2D eigenvalue weighted by Gasteiger charge is 2.67. The van der Waals surface area contributed by atoms with Gasteiger partial charge in [-0.1, -0.05) is 66.7 Å². The quantitative estimate of drug-likeness (QED) is 0.320. The van der Waals surface area contributed by atoms with Crippen molar-refractivity contribution >= 4 is 28.8 Å². The lowest BCUT2D eigenvalue weighted by Gasteiger charge is -2.37. The molecule has 2 amide bonds. The third-order valence-corrected chi connectivity index (χ3v) is 8.09. The molecule has 1 saturated heterocycles. The molecular weight excluding hydrogens is 424 g/mol. The molecule has 168 valence electrons. The van der Waals surface area contributed by atoms with E-state index in [0.29, 0.717) is 24.2 Å². The summed E-state index contributed by atoms with van der Waals surface area (Å²) in [6, 6.07) is 22.0. The fraction of sp³-hybridized carbons (Fsp3) is 0.276. The second kappa shape index (κ2) is 7.39. The Labute approximate surface area is 197 Å². The van der Waals surface area contributed by atoms with Crippen LogP contribution < -0.4 is 4.74 Å². The van der Waals surface area contributed by atoms with Crippen LogP contribution in [0.1, 0.15) is 17.5 Å². The van der Waals surface area contributed by atoms with Crippen molar-refractivity contribution in [2.24, 2.45) is 40.6 Å². The first-order chi connectivity index (χ1) is 16.7. The molecule has 0 radical (unpaired) electrons. The zero-order valence-electron chi connectivity index (χ0n) is 18.6. The summed E-state index contributed by atoms with van der Waals surface area (Å²) in [7, 11) is 0. The first-order valence-corrected chi connectivity index (χ1v) is 12.0. The van der Waals surface area contributed by atoms with Crippen molar-refractivity contribution in [2.45, 2.75) is 13.0 Å². The molecule has 3 aromatic carbocycles. The number of imide groups is 1. The monoisotopic (exact) mass is 448 g/mol. The van der Waals surface area contributed by atoms with Gasteiger partial charge in [-0.05, 0) is 64.1 Å². The number of fused-ring (bicyclic) bond motifs is 1. The lowest BCUT2D eigenvalue weighted by Crippen LogP contribution is -2.40. The molecule has 2 saturated carbocycles. The van der Waals surface area contributed by atoms with Gasteiger partial charge in [0.2, 0.25) is 0 Å². The zero-order valence-corrected chi connectivity index (χ0v) is 18.6. The fourth-order valence-electron chi connectivity index (χ4n) is 6.44. The number of rotatable bonds is 5. The number of amides is 2. The molecule has 0 N–H and O–H groups in total. The van der Waals surface area contributed by atoms with Gasteiger partial charge in [0.1, 0.15) is 12.4 Å². The smallest absolute Gasteiger partial charge is 0.254 e. The minimum atomic E-state index is -0.223. The highest BCUT2D eigenvalue weighted by Crippen LogP contribution is 2.65. The van der Waals surface area contributed by atoms with Crippen LogP contribution in [0.5, 0.6) is 5.75 Å². The van der Waals surface area contributed by atoms with E-state index >= 15 is 0 Å². The second-order valence-corrected chi connectivity index (χ2v) is 9.89. The molecule has 1 heterocycles. The summed E-state index contributed by atoms with van der Waals surface area (Å²) < 4.78 is 6.07. The Bertz CT molecular complexity index is 1350. The summed E-state index contributed by atoms with van der Waals surface area (Å²) in [5.74, 6) is 1.59. The van der Waals surface area contributed by atoms with Gasteiger partial charge in [0.15, 0.2) is 0 Å². The van der Waals surface area contributed by atoms with Crippen molar-refractivity contribution in [2.75, 3.05) is 0 Å². The number of nitrogens with zero attached hydrogens (tertiary/aromatic N) is 2. The normalized spacial score (nSPS) is 30.8. The van der Waals surface area contributed by atoms with E-state index in [9.17, 15) is 9.59 Å². The largest absolute Gasteiger partial charge is 0.489 e. The third-order valence-electron chi connectivity index (χ3n) is 8.09. The van der Waals surface area contributed by atoms with Crippen molar-refractivity contribution in [3.8, 4) is 5.75 Å². The van der Waals surface area contributed by atoms with E-state index in [0.717, 1.165) is 22.6 Å². The van der Waals surface area contributed by atoms with E-state index in [-0.39, 0.29) is 35.5 Å². The first kappa shape index (κ1) is 19.7. The van der Waals surface area contributed by atoms with Crippen molar-refractivity contribution in [1.29, 1.82) is 0 Å². The maximum atomic E-state index is 13.1. The van der Waals surface area contributed by atoms with Crippen LogP contribution in [0.15, 0.2) is 84.0 Å². The standard InChI is InChI=1S/C29H24N2O3/c32-28-26-22-11-12-23(25-14-24(22)25)27(26)29(33)31(28)30-15-17-5-3-9-20(13-17)34-16-19-8-4-7-18-6-1-2-10-21(18)19/h1-13,15,22-27H,14,16H2/b30-15-/t22-,23-,24-,25+,26-,27+/m0/s1. The first-order valence-electron chi connectivity index (χ1n) is 12.0. The summed E-state index contributed by atoms with van der Waals surface area (Å²) >= 11 is 0. The molecule has 34 heavy (non-hydrogen) atoms. The molecule has 1 aliphatic heterocycles. The molecule has 5 nitrogen and oxygen atoms in total. The molecule has 3 fully saturated rings. The van der Waals surface area contributed by atoms with E-state index in [1.165, 1.54) is 10.8 Å². The van der Waals surface area contributed by atoms with Gasteiger partial charge in [-0.15, -0.1) is 0 Å². The Morgan fingerprint density at radius 1 is 0.882 bits per heavy atom. The molecule has 4 aliphatic carbocycles.